The van der Waals surface area contributed by atoms with Gasteiger partial charge >= 0.3 is 0 Å². The van der Waals surface area contributed by atoms with Crippen molar-refractivity contribution in [3.05, 3.63) is 12.2 Å². The van der Waals surface area contributed by atoms with Gasteiger partial charge in [0.15, 0.2) is 5.78 Å². The average Bonchev–Trinajstić information content (AvgIpc) is 2.26. The van der Waals surface area contributed by atoms with Crippen molar-refractivity contribution in [2.24, 2.45) is 0 Å². The predicted octanol–water partition coefficient (Wildman–Crippen LogP) is 0.408. The molecule has 3 N–H and O–H groups in total. The molecule has 0 aromatic carbocycles. The lowest BCUT2D eigenvalue weighted by Gasteiger charge is -2.05. The van der Waals surface area contributed by atoms with Crippen molar-refractivity contribution in [2.75, 3.05) is 13.2 Å². The van der Waals surface area contributed by atoms with Crippen LogP contribution >= 0.6 is 0 Å². The summed E-state index contributed by atoms with van der Waals surface area (Å²) in [6, 6.07) is 0. The van der Waals surface area contributed by atoms with Gasteiger partial charge in [-0.2, -0.15) is 0 Å². The van der Waals surface area contributed by atoms with Gasteiger partial charge in [0.25, 0.3) is 0 Å². The molecule has 88 valence electrons. The quantitative estimate of drug-likeness (QED) is 0.385. The molecule has 0 aliphatic heterocycles. The van der Waals surface area contributed by atoms with Crippen molar-refractivity contribution in [3.8, 4) is 0 Å². The highest BCUT2D eigenvalue weighted by Gasteiger charge is 1.99. The summed E-state index contributed by atoms with van der Waals surface area (Å²) >= 11 is 0. The Labute approximate surface area is 90.2 Å². The van der Waals surface area contributed by atoms with Crippen LogP contribution in [0.4, 0.5) is 0 Å². The van der Waals surface area contributed by atoms with E-state index in [9.17, 15) is 4.79 Å². The van der Waals surface area contributed by atoms with Crippen molar-refractivity contribution < 1.29 is 20.1 Å². The number of aliphatic hydroxyl groups excluding tert-OH is 3. The minimum Gasteiger partial charge on any atom is -0.394 e. The van der Waals surface area contributed by atoms with E-state index in [1.165, 1.54) is 6.08 Å². The van der Waals surface area contributed by atoms with Gasteiger partial charge in [-0.05, 0) is 25.3 Å². The van der Waals surface area contributed by atoms with Crippen LogP contribution in [0, 0.1) is 0 Å². The Morgan fingerprint density at radius 1 is 1.20 bits per heavy atom. The second-order valence-electron chi connectivity index (χ2n) is 3.50. The third-order valence-electron chi connectivity index (χ3n) is 2.08. The molecule has 0 aliphatic rings. The molecule has 0 aromatic rings. The standard InChI is InChI=1S/C11H20O4/c12-8-10(14)6-4-2-1-3-5-7-11(15)9-13/h4,6,11-13,15H,1-3,5,7-9H2/b6-4+/t11-/m1/s1. The largest absolute Gasteiger partial charge is 0.394 e. The van der Waals surface area contributed by atoms with E-state index in [4.69, 9.17) is 15.3 Å². The van der Waals surface area contributed by atoms with Crippen LogP contribution in [0.1, 0.15) is 32.1 Å². The number of unbranched alkanes of at least 4 members (excludes halogenated alkanes) is 3. The monoisotopic (exact) mass is 216 g/mol. The van der Waals surface area contributed by atoms with Crippen molar-refractivity contribution in [1.29, 1.82) is 0 Å². The van der Waals surface area contributed by atoms with Gasteiger partial charge in [0.2, 0.25) is 0 Å². The van der Waals surface area contributed by atoms with Crippen molar-refractivity contribution >= 4 is 5.78 Å². The van der Waals surface area contributed by atoms with Crippen LogP contribution in [-0.2, 0) is 4.79 Å². The molecule has 0 fully saturated rings. The number of aliphatic hydroxyl groups is 3. The molecule has 1 atom stereocenters. The predicted molar refractivity (Wildman–Crippen MR) is 57.4 cm³/mol. The molecule has 0 heterocycles. The van der Waals surface area contributed by atoms with Gasteiger partial charge in [-0.3, -0.25) is 4.79 Å². The minimum atomic E-state index is -0.600. The van der Waals surface area contributed by atoms with Crippen LogP contribution in [0.15, 0.2) is 12.2 Å². The highest BCUT2D eigenvalue weighted by Crippen LogP contribution is 2.05. The van der Waals surface area contributed by atoms with E-state index in [0.717, 1.165) is 25.7 Å². The van der Waals surface area contributed by atoms with Gasteiger partial charge in [-0.1, -0.05) is 18.9 Å². The van der Waals surface area contributed by atoms with Gasteiger partial charge in [-0.25, -0.2) is 0 Å². The molecule has 4 nitrogen and oxygen atoms in total. The van der Waals surface area contributed by atoms with E-state index in [2.05, 4.69) is 0 Å². The number of ketones is 1. The number of rotatable bonds is 9. The summed E-state index contributed by atoms with van der Waals surface area (Å²) < 4.78 is 0. The minimum absolute atomic E-state index is 0.176. The van der Waals surface area contributed by atoms with Crippen LogP contribution in [0.25, 0.3) is 0 Å². The average molecular weight is 216 g/mol. The third kappa shape index (κ3) is 9.59. The zero-order valence-corrected chi connectivity index (χ0v) is 8.93. The first-order chi connectivity index (χ1) is 7.20. The Bertz CT molecular complexity index is 189. The molecule has 0 saturated carbocycles. The fraction of sp³-hybridized carbons (Fsp3) is 0.727. The molecule has 4 heteroatoms. The van der Waals surface area contributed by atoms with Crippen LogP contribution in [0.2, 0.25) is 0 Å². The van der Waals surface area contributed by atoms with Crippen molar-refractivity contribution in [1.82, 2.24) is 0 Å². The lowest BCUT2D eigenvalue weighted by molar-refractivity contribution is -0.117. The van der Waals surface area contributed by atoms with E-state index in [1.807, 2.05) is 0 Å². The molecule has 0 saturated heterocycles. The molecule has 0 aliphatic carbocycles. The number of carbonyl (C=O) groups is 1. The third-order valence-corrected chi connectivity index (χ3v) is 2.08. The van der Waals surface area contributed by atoms with Crippen LogP contribution in [0.3, 0.4) is 0 Å². The summed E-state index contributed by atoms with van der Waals surface area (Å²) in [7, 11) is 0. The summed E-state index contributed by atoms with van der Waals surface area (Å²) in [5.74, 6) is -0.272. The van der Waals surface area contributed by atoms with Gasteiger partial charge < -0.3 is 15.3 Å². The summed E-state index contributed by atoms with van der Waals surface area (Å²) in [6.45, 7) is -0.607. The Balaban J connectivity index is 3.25. The number of carbonyl (C=O) groups excluding carboxylic acids is 1. The Kier molecular flexibility index (Phi) is 9.36. The normalized spacial score (nSPS) is 13.3. The van der Waals surface area contributed by atoms with E-state index in [1.54, 1.807) is 6.08 Å². The fourth-order valence-electron chi connectivity index (χ4n) is 1.18. The first-order valence-electron chi connectivity index (χ1n) is 5.30. The maximum Gasteiger partial charge on any atom is 0.180 e. The van der Waals surface area contributed by atoms with Gasteiger partial charge in [-0.15, -0.1) is 0 Å². The van der Waals surface area contributed by atoms with Crippen molar-refractivity contribution in [3.63, 3.8) is 0 Å². The fourth-order valence-corrected chi connectivity index (χ4v) is 1.18. The molecular weight excluding hydrogens is 196 g/mol. The second-order valence-corrected chi connectivity index (χ2v) is 3.50. The smallest absolute Gasteiger partial charge is 0.180 e. The molecule has 0 amide bonds. The van der Waals surface area contributed by atoms with Crippen LogP contribution in [-0.4, -0.2) is 40.4 Å². The highest BCUT2D eigenvalue weighted by atomic mass is 16.3. The summed E-state index contributed by atoms with van der Waals surface area (Å²) in [6.07, 6.45) is 6.77. The molecule has 0 spiro atoms. The Hall–Kier alpha value is -0.710. The number of allylic oxidation sites excluding steroid dienone is 1. The highest BCUT2D eigenvalue weighted by molar-refractivity contribution is 5.90. The first-order valence-corrected chi connectivity index (χ1v) is 5.30. The maximum absolute atomic E-state index is 10.6. The summed E-state index contributed by atoms with van der Waals surface area (Å²) in [5.41, 5.74) is 0. The molecule has 0 bridgehead atoms. The molecular formula is C11H20O4. The van der Waals surface area contributed by atoms with E-state index < -0.39 is 12.7 Å². The first kappa shape index (κ1) is 14.3. The lowest BCUT2D eigenvalue weighted by atomic mass is 10.1. The molecule has 0 rings (SSSR count). The zero-order valence-electron chi connectivity index (χ0n) is 8.93. The maximum atomic E-state index is 10.6. The second kappa shape index (κ2) is 9.83. The Morgan fingerprint density at radius 2 is 1.93 bits per heavy atom. The molecule has 15 heavy (non-hydrogen) atoms. The summed E-state index contributed by atoms with van der Waals surface area (Å²) in [5, 5.41) is 26.0. The van der Waals surface area contributed by atoms with E-state index in [0.29, 0.717) is 6.42 Å². The summed E-state index contributed by atoms with van der Waals surface area (Å²) in [4.78, 5) is 10.6. The van der Waals surface area contributed by atoms with Gasteiger partial charge in [0.1, 0.15) is 6.61 Å². The lowest BCUT2D eigenvalue weighted by Crippen LogP contribution is -2.10. The Morgan fingerprint density at radius 3 is 2.53 bits per heavy atom. The van der Waals surface area contributed by atoms with Gasteiger partial charge in [0.05, 0.1) is 12.7 Å². The van der Waals surface area contributed by atoms with Gasteiger partial charge in [0, 0.05) is 0 Å². The van der Waals surface area contributed by atoms with E-state index in [-0.39, 0.29) is 12.4 Å². The molecule has 0 aromatic heterocycles. The molecule has 0 radical (unpaired) electrons. The number of hydrogen-bond acceptors (Lipinski definition) is 4. The van der Waals surface area contributed by atoms with Crippen LogP contribution in [0.5, 0.6) is 0 Å². The topological polar surface area (TPSA) is 77.8 Å². The molecule has 0 unspecified atom stereocenters. The number of hydrogen-bond donors (Lipinski definition) is 3. The SMILES string of the molecule is O=C(/C=C/CCCCC[C@@H](O)CO)CO. The van der Waals surface area contributed by atoms with E-state index >= 15 is 0 Å². The zero-order chi connectivity index (χ0) is 11.5. The van der Waals surface area contributed by atoms with Crippen molar-refractivity contribution in [2.45, 2.75) is 38.2 Å². The van der Waals surface area contributed by atoms with Crippen LogP contribution < -0.4 is 0 Å².